The van der Waals surface area contributed by atoms with Gasteiger partial charge in [0.2, 0.25) is 27.1 Å². The van der Waals surface area contributed by atoms with Crippen molar-refractivity contribution in [3.8, 4) is 0 Å². The molecule has 11 nitrogen and oxygen atoms in total. The molecule has 4 amide bonds. The van der Waals surface area contributed by atoms with E-state index in [1.807, 2.05) is 0 Å². The third-order valence-electron chi connectivity index (χ3n) is 7.56. The van der Waals surface area contributed by atoms with Gasteiger partial charge < -0.3 is 35.8 Å². The van der Waals surface area contributed by atoms with Crippen LogP contribution in [0.4, 0.5) is 8.78 Å². The highest BCUT2D eigenvalue weighted by atomic mass is 32.1. The fourth-order valence-corrected chi connectivity index (χ4v) is 6.37. The summed E-state index contributed by atoms with van der Waals surface area (Å²) in [5.41, 5.74) is 9.49. The van der Waals surface area contributed by atoms with Crippen LogP contribution in [-0.2, 0) is 19.1 Å². The van der Waals surface area contributed by atoms with E-state index in [9.17, 15) is 23.2 Å². The number of methoxy groups -OCH3 is 1. The zero-order valence-electron chi connectivity index (χ0n) is 25.6. The molecule has 4 fully saturated rings. The van der Waals surface area contributed by atoms with Crippen LogP contribution >= 0.6 is 19.7 Å². The molecule has 2 aromatic rings. The normalized spacial score (nSPS) is 21.2. The van der Waals surface area contributed by atoms with Crippen molar-refractivity contribution < 1.29 is 42.5 Å². The number of thiophene rings is 1. The van der Waals surface area contributed by atoms with Gasteiger partial charge in [0.15, 0.2) is 5.91 Å². The summed E-state index contributed by atoms with van der Waals surface area (Å²) in [6, 6.07) is 6.77. The number of hydrogen-bond acceptors (Lipinski definition) is 8. The lowest BCUT2D eigenvalue weighted by atomic mass is 10.0. The molecule has 1 aromatic carbocycles. The molecule has 6 N–H and O–H groups in total. The van der Waals surface area contributed by atoms with E-state index in [2.05, 4.69) is 10.6 Å². The van der Waals surface area contributed by atoms with E-state index in [4.69, 9.17) is 25.1 Å². The predicted molar refractivity (Wildman–Crippen MR) is 171 cm³/mol. The number of rotatable bonds is 5. The zero-order valence-corrected chi connectivity index (χ0v) is 27.3. The summed E-state index contributed by atoms with van der Waals surface area (Å²) < 4.78 is 31.2. The van der Waals surface area contributed by atoms with Crippen molar-refractivity contribution in [3.63, 3.8) is 0 Å². The number of halogens is 2. The average molecular weight is 675 g/mol. The molecule has 0 spiro atoms. The molecule has 1 aromatic heterocycles. The molecular weight excluding hydrogens is 629 g/mol. The van der Waals surface area contributed by atoms with E-state index in [0.29, 0.717) is 54.2 Å². The first-order valence-corrected chi connectivity index (χ1v) is 17.1. The number of ether oxygens (including phenoxy) is 1. The number of carbonyl (C=O) groups excluding carboxylic acids is 4. The molecule has 3 unspecified atom stereocenters. The van der Waals surface area contributed by atoms with Gasteiger partial charge in [0.1, 0.15) is 6.17 Å². The zero-order chi connectivity index (χ0) is 33.4. The average Bonchev–Trinajstić information content (AvgIpc) is 3.36. The minimum absolute atomic E-state index is 0.183. The number of amides is 4. The molecule has 3 atom stereocenters. The topological polar surface area (TPSA) is 176 Å². The van der Waals surface area contributed by atoms with Crippen LogP contribution in [0.1, 0.15) is 85.4 Å². The summed E-state index contributed by atoms with van der Waals surface area (Å²) in [7, 11) is -0.892. The smallest absolute Gasteiger partial charge is 0.258 e. The van der Waals surface area contributed by atoms with Gasteiger partial charge in [-0.05, 0) is 74.1 Å². The van der Waals surface area contributed by atoms with E-state index < -0.39 is 26.4 Å². The monoisotopic (exact) mass is 674 g/mol. The van der Waals surface area contributed by atoms with Gasteiger partial charge in [0.05, 0.1) is 17.5 Å². The number of likely N-dealkylation sites (tertiary alicyclic amines) is 1. The van der Waals surface area contributed by atoms with Crippen molar-refractivity contribution in [2.75, 3.05) is 26.7 Å². The molecular formula is C30H45F2N4O7PS. The van der Waals surface area contributed by atoms with Gasteiger partial charge in [-0.25, -0.2) is 8.78 Å². The van der Waals surface area contributed by atoms with Crippen LogP contribution in [0.25, 0.3) is 10.1 Å². The first-order valence-electron chi connectivity index (χ1n) is 15.0. The maximum absolute atomic E-state index is 13.4. The number of primary amides is 2. The number of hydrogen-bond donors (Lipinski definition) is 4. The molecule has 1 aliphatic carbocycles. The van der Waals surface area contributed by atoms with Crippen molar-refractivity contribution in [1.82, 2.24) is 9.80 Å². The lowest BCUT2D eigenvalue weighted by Crippen LogP contribution is -2.36. The summed E-state index contributed by atoms with van der Waals surface area (Å²) in [5, 5.41) is 0.667. The minimum Gasteiger partial charge on any atom is -0.381 e. The Hall–Kier alpha value is -2.77. The van der Waals surface area contributed by atoms with Gasteiger partial charge in [-0.1, -0.05) is 18.9 Å². The van der Waals surface area contributed by atoms with Crippen LogP contribution in [-0.4, -0.2) is 89.3 Å². The summed E-state index contributed by atoms with van der Waals surface area (Å²) in [4.78, 5) is 62.6. The Bertz CT molecular complexity index is 1220. The molecule has 3 aliphatic heterocycles. The second-order valence-corrected chi connectivity index (χ2v) is 13.1. The molecule has 0 radical (unpaired) electrons. The number of benzene rings is 1. The Morgan fingerprint density at radius 3 is 2.29 bits per heavy atom. The van der Waals surface area contributed by atoms with Crippen molar-refractivity contribution in [2.24, 2.45) is 11.5 Å². The standard InChI is InChI=1S/C10H9FNO3PS.C10H17NO.C5H8FNO.C4H8O.CH3NO/c11-9(16(14)15)5-1-2-7-6(3-5)4-8(17-7)10(12)13;12-10-7-3-1-2-5-9-6-4-8-11(9)10;6-5-1-2-7(3-5)4-8;1-5-4-2-3-4;2-1-3/h1-4,9,14-15H,(H2,12,13);9H,1-8H2;4-5H,1-3H2;4H,2-3H2,1H3;1H,(H2,2,3). The van der Waals surface area contributed by atoms with Crippen LogP contribution in [0, 0.1) is 0 Å². The third-order valence-corrected chi connectivity index (χ3v) is 9.39. The molecule has 6 rings (SSSR count). The second kappa shape index (κ2) is 20.4. The van der Waals surface area contributed by atoms with Gasteiger partial charge >= 0.3 is 0 Å². The van der Waals surface area contributed by atoms with Crippen LogP contribution in [0.3, 0.4) is 0 Å². The van der Waals surface area contributed by atoms with Crippen LogP contribution in [0.2, 0.25) is 0 Å². The Morgan fingerprint density at radius 1 is 1.09 bits per heavy atom. The van der Waals surface area contributed by atoms with Crippen molar-refractivity contribution in [1.29, 1.82) is 0 Å². The van der Waals surface area contributed by atoms with Gasteiger partial charge in [-0.2, -0.15) is 0 Å². The predicted octanol–water partition coefficient (Wildman–Crippen LogP) is 4.29. The van der Waals surface area contributed by atoms with E-state index in [0.717, 1.165) is 24.1 Å². The van der Waals surface area contributed by atoms with Crippen molar-refractivity contribution >= 4 is 54.4 Å². The first kappa shape index (κ1) is 38.4. The SMILES string of the molecule is COC1CC1.NC(=O)c1cc2cc(C(F)P(O)O)ccc2s1.NC=O.O=C1CCCCCC2CCCN12.O=CN1CCC(F)C1. The Balaban J connectivity index is 0.000000219. The molecule has 1 saturated carbocycles. The molecule has 252 valence electrons. The highest BCUT2D eigenvalue weighted by molar-refractivity contribution is 7.45. The minimum atomic E-state index is -2.65. The quantitative estimate of drug-likeness (QED) is 0.270. The lowest BCUT2D eigenvalue weighted by molar-refractivity contribution is -0.132. The molecule has 15 heteroatoms. The van der Waals surface area contributed by atoms with E-state index in [-0.39, 0.29) is 12.0 Å². The number of alkyl halides is 2. The molecule has 4 heterocycles. The summed E-state index contributed by atoms with van der Waals surface area (Å²) in [5.74, 6) is -1.92. The lowest BCUT2D eigenvalue weighted by Gasteiger charge is -2.26. The fraction of sp³-hybridized carbons (Fsp3) is 0.600. The number of fused-ring (bicyclic) bond motifs is 2. The van der Waals surface area contributed by atoms with Gasteiger partial charge in [0.25, 0.3) is 5.91 Å². The molecule has 0 bridgehead atoms. The van der Waals surface area contributed by atoms with E-state index in [1.165, 1.54) is 73.3 Å². The fourth-order valence-electron chi connectivity index (χ4n) is 5.05. The maximum atomic E-state index is 13.4. The Labute approximate surface area is 267 Å². The second-order valence-electron chi connectivity index (χ2n) is 11.0. The third kappa shape index (κ3) is 13.6. The van der Waals surface area contributed by atoms with Crippen LogP contribution < -0.4 is 11.5 Å². The van der Waals surface area contributed by atoms with E-state index in [1.54, 1.807) is 19.2 Å². The number of carbonyl (C=O) groups is 4. The van der Waals surface area contributed by atoms with Gasteiger partial charge in [-0.15, -0.1) is 11.3 Å². The van der Waals surface area contributed by atoms with Crippen LogP contribution in [0.15, 0.2) is 24.3 Å². The molecule has 45 heavy (non-hydrogen) atoms. The molecule has 3 saturated heterocycles. The number of nitrogens with two attached hydrogens (primary N) is 2. The first-order chi connectivity index (χ1) is 21.5. The summed E-state index contributed by atoms with van der Waals surface area (Å²) in [6.07, 6.45) is 12.1. The van der Waals surface area contributed by atoms with Gasteiger partial charge in [0, 0.05) is 37.4 Å². The highest BCUT2D eigenvalue weighted by Crippen LogP contribution is 2.45. The number of nitrogens with zero attached hydrogens (tertiary/aromatic N) is 2. The van der Waals surface area contributed by atoms with Gasteiger partial charge in [-0.3, -0.25) is 19.2 Å². The summed E-state index contributed by atoms with van der Waals surface area (Å²) >= 11 is 1.22. The Kier molecular flexibility index (Phi) is 17.4. The highest BCUT2D eigenvalue weighted by Gasteiger charge is 2.28. The Morgan fingerprint density at radius 2 is 1.78 bits per heavy atom. The summed E-state index contributed by atoms with van der Waals surface area (Å²) in [6.45, 7) is 1.91. The van der Waals surface area contributed by atoms with Crippen molar-refractivity contribution in [2.45, 2.75) is 88.4 Å². The van der Waals surface area contributed by atoms with Crippen molar-refractivity contribution in [3.05, 3.63) is 34.7 Å². The largest absolute Gasteiger partial charge is 0.381 e. The van der Waals surface area contributed by atoms with Crippen LogP contribution in [0.5, 0.6) is 0 Å². The maximum Gasteiger partial charge on any atom is 0.258 e. The van der Waals surface area contributed by atoms with E-state index >= 15 is 0 Å². The molecule has 4 aliphatic rings.